The number of hydrogen-bond donors (Lipinski definition) is 1. The predicted octanol–water partition coefficient (Wildman–Crippen LogP) is 2.87. The first-order chi connectivity index (χ1) is 6.57. The van der Waals surface area contributed by atoms with Crippen LogP contribution in [0.2, 0.25) is 0 Å². The average molecular weight is 194 g/mol. The Labute approximate surface area is 85.5 Å². The molecule has 0 saturated heterocycles. The molecule has 0 aliphatic carbocycles. The predicted molar refractivity (Wildman–Crippen MR) is 57.7 cm³/mol. The molecule has 1 atom stereocenters. The Morgan fingerprint density at radius 2 is 1.86 bits per heavy atom. The number of rotatable bonds is 3. The van der Waals surface area contributed by atoms with Crippen molar-refractivity contribution >= 4 is 0 Å². The number of ether oxygens (including phenoxy) is 1. The molecular weight excluding hydrogens is 176 g/mol. The zero-order valence-corrected chi connectivity index (χ0v) is 9.24. The van der Waals surface area contributed by atoms with E-state index in [1.54, 1.807) is 14.0 Å². The highest BCUT2D eigenvalue weighted by molar-refractivity contribution is 5.43. The second-order valence-corrected chi connectivity index (χ2v) is 3.79. The highest BCUT2D eigenvalue weighted by atomic mass is 16.5. The number of methoxy groups -OCH3 is 1. The molecule has 0 unspecified atom stereocenters. The third kappa shape index (κ3) is 2.07. The van der Waals surface area contributed by atoms with E-state index >= 15 is 0 Å². The van der Waals surface area contributed by atoms with Crippen LogP contribution in [-0.4, -0.2) is 12.2 Å². The Hall–Kier alpha value is -1.02. The summed E-state index contributed by atoms with van der Waals surface area (Å²) in [5, 5.41) is 9.62. The van der Waals surface area contributed by atoms with E-state index in [-0.39, 0.29) is 0 Å². The second kappa shape index (κ2) is 4.47. The molecule has 0 aliphatic rings. The van der Waals surface area contributed by atoms with Gasteiger partial charge in [0.15, 0.2) is 0 Å². The standard InChI is InChI=1S/C12H18O2/c1-8(2)12-10(9(3)13)6-5-7-11(12)14-4/h5-9,13H,1-4H3/t9-/m0/s1. The molecule has 1 aromatic carbocycles. The van der Waals surface area contributed by atoms with Crippen molar-refractivity contribution in [1.29, 1.82) is 0 Å². The van der Waals surface area contributed by atoms with Crippen LogP contribution in [0.25, 0.3) is 0 Å². The van der Waals surface area contributed by atoms with Crippen molar-refractivity contribution in [1.82, 2.24) is 0 Å². The molecule has 2 nitrogen and oxygen atoms in total. The summed E-state index contributed by atoms with van der Waals surface area (Å²) < 4.78 is 5.29. The molecule has 2 heteroatoms. The van der Waals surface area contributed by atoms with Crippen molar-refractivity contribution < 1.29 is 9.84 Å². The van der Waals surface area contributed by atoms with Crippen LogP contribution in [0.4, 0.5) is 0 Å². The van der Waals surface area contributed by atoms with Crippen LogP contribution in [0.5, 0.6) is 5.75 Å². The van der Waals surface area contributed by atoms with Gasteiger partial charge in [-0.1, -0.05) is 26.0 Å². The highest BCUT2D eigenvalue weighted by Gasteiger charge is 2.15. The maximum atomic E-state index is 9.62. The Kier molecular flexibility index (Phi) is 3.53. The van der Waals surface area contributed by atoms with Crippen LogP contribution in [0.15, 0.2) is 18.2 Å². The van der Waals surface area contributed by atoms with Crippen LogP contribution in [0.3, 0.4) is 0 Å². The summed E-state index contributed by atoms with van der Waals surface area (Å²) in [6.45, 7) is 5.98. The Morgan fingerprint density at radius 3 is 2.29 bits per heavy atom. The van der Waals surface area contributed by atoms with Crippen molar-refractivity contribution in [3.63, 3.8) is 0 Å². The molecule has 0 bridgehead atoms. The molecule has 14 heavy (non-hydrogen) atoms. The van der Waals surface area contributed by atoms with E-state index < -0.39 is 6.10 Å². The van der Waals surface area contributed by atoms with E-state index in [1.165, 1.54) is 0 Å². The lowest BCUT2D eigenvalue weighted by Gasteiger charge is -2.18. The largest absolute Gasteiger partial charge is 0.496 e. The summed E-state index contributed by atoms with van der Waals surface area (Å²) in [6, 6.07) is 5.79. The van der Waals surface area contributed by atoms with Crippen LogP contribution in [0, 0.1) is 0 Å². The lowest BCUT2D eigenvalue weighted by atomic mass is 9.93. The number of aliphatic hydroxyl groups is 1. The van der Waals surface area contributed by atoms with E-state index in [1.807, 2.05) is 18.2 Å². The Morgan fingerprint density at radius 1 is 1.21 bits per heavy atom. The molecular formula is C12H18O2. The van der Waals surface area contributed by atoms with E-state index in [0.29, 0.717) is 5.92 Å². The SMILES string of the molecule is COc1cccc([C@H](C)O)c1C(C)C. The molecule has 1 aromatic rings. The molecule has 0 heterocycles. The quantitative estimate of drug-likeness (QED) is 0.801. The van der Waals surface area contributed by atoms with Gasteiger partial charge in [0.2, 0.25) is 0 Å². The van der Waals surface area contributed by atoms with Crippen LogP contribution < -0.4 is 4.74 Å². The maximum absolute atomic E-state index is 9.62. The normalized spacial score (nSPS) is 13.0. The third-order valence-electron chi connectivity index (χ3n) is 2.35. The topological polar surface area (TPSA) is 29.5 Å². The van der Waals surface area contributed by atoms with Crippen molar-refractivity contribution in [2.75, 3.05) is 7.11 Å². The van der Waals surface area contributed by atoms with Gasteiger partial charge in [-0.3, -0.25) is 0 Å². The van der Waals surface area contributed by atoms with Crippen LogP contribution in [0.1, 0.15) is 43.9 Å². The van der Waals surface area contributed by atoms with Gasteiger partial charge in [-0.2, -0.15) is 0 Å². The molecule has 1 N–H and O–H groups in total. The maximum Gasteiger partial charge on any atom is 0.122 e. The van der Waals surface area contributed by atoms with Crippen molar-refractivity contribution in [2.24, 2.45) is 0 Å². The van der Waals surface area contributed by atoms with Gasteiger partial charge in [0.1, 0.15) is 5.75 Å². The van der Waals surface area contributed by atoms with Gasteiger partial charge in [-0.05, 0) is 24.5 Å². The molecule has 0 aliphatic heterocycles. The van der Waals surface area contributed by atoms with Crippen molar-refractivity contribution in [2.45, 2.75) is 32.8 Å². The van der Waals surface area contributed by atoms with Crippen LogP contribution in [-0.2, 0) is 0 Å². The number of hydrogen-bond acceptors (Lipinski definition) is 2. The van der Waals surface area contributed by atoms with Gasteiger partial charge in [0.25, 0.3) is 0 Å². The zero-order chi connectivity index (χ0) is 10.7. The first-order valence-corrected chi connectivity index (χ1v) is 4.92. The molecule has 0 radical (unpaired) electrons. The minimum Gasteiger partial charge on any atom is -0.496 e. The lowest BCUT2D eigenvalue weighted by Crippen LogP contribution is -2.03. The summed E-state index contributed by atoms with van der Waals surface area (Å²) in [5.74, 6) is 1.22. The highest BCUT2D eigenvalue weighted by Crippen LogP contribution is 2.32. The van der Waals surface area contributed by atoms with E-state index in [0.717, 1.165) is 16.9 Å². The molecule has 78 valence electrons. The van der Waals surface area contributed by atoms with Gasteiger partial charge < -0.3 is 9.84 Å². The Bertz CT molecular complexity index is 303. The summed E-state index contributed by atoms with van der Waals surface area (Å²) in [6.07, 6.45) is -0.442. The van der Waals surface area contributed by atoms with Gasteiger partial charge in [-0.15, -0.1) is 0 Å². The fourth-order valence-electron chi connectivity index (χ4n) is 1.72. The van der Waals surface area contributed by atoms with E-state index in [9.17, 15) is 5.11 Å². The van der Waals surface area contributed by atoms with Gasteiger partial charge in [0.05, 0.1) is 13.2 Å². The molecule has 0 aromatic heterocycles. The summed E-state index contributed by atoms with van der Waals surface area (Å²) in [4.78, 5) is 0. The molecule has 0 fully saturated rings. The van der Waals surface area contributed by atoms with E-state index in [2.05, 4.69) is 13.8 Å². The molecule has 0 saturated carbocycles. The van der Waals surface area contributed by atoms with Gasteiger partial charge in [0, 0.05) is 5.56 Å². The fourth-order valence-corrected chi connectivity index (χ4v) is 1.72. The number of benzene rings is 1. The lowest BCUT2D eigenvalue weighted by molar-refractivity contribution is 0.197. The zero-order valence-electron chi connectivity index (χ0n) is 9.24. The fraction of sp³-hybridized carbons (Fsp3) is 0.500. The second-order valence-electron chi connectivity index (χ2n) is 3.79. The van der Waals surface area contributed by atoms with E-state index in [4.69, 9.17) is 4.74 Å². The summed E-state index contributed by atoms with van der Waals surface area (Å²) >= 11 is 0. The van der Waals surface area contributed by atoms with Crippen molar-refractivity contribution in [3.05, 3.63) is 29.3 Å². The first-order valence-electron chi connectivity index (χ1n) is 4.92. The molecule has 1 rings (SSSR count). The Balaban J connectivity index is 3.28. The first kappa shape index (κ1) is 11.1. The smallest absolute Gasteiger partial charge is 0.122 e. The summed E-state index contributed by atoms with van der Waals surface area (Å²) in [7, 11) is 1.66. The third-order valence-corrected chi connectivity index (χ3v) is 2.35. The average Bonchev–Trinajstić information content (AvgIpc) is 2.16. The van der Waals surface area contributed by atoms with Crippen LogP contribution >= 0.6 is 0 Å². The molecule has 0 spiro atoms. The number of aliphatic hydroxyl groups excluding tert-OH is 1. The molecule has 0 amide bonds. The monoisotopic (exact) mass is 194 g/mol. The van der Waals surface area contributed by atoms with Crippen molar-refractivity contribution in [3.8, 4) is 5.75 Å². The minimum atomic E-state index is -0.442. The van der Waals surface area contributed by atoms with Gasteiger partial charge in [-0.25, -0.2) is 0 Å². The van der Waals surface area contributed by atoms with Gasteiger partial charge >= 0.3 is 0 Å². The minimum absolute atomic E-state index is 0.357. The summed E-state index contributed by atoms with van der Waals surface area (Å²) in [5.41, 5.74) is 2.06.